The Kier molecular flexibility index (Phi) is 10.1. The molecule has 0 saturated heterocycles. The Bertz CT molecular complexity index is 1490. The topological polar surface area (TPSA) is 42.9 Å². The fourth-order valence-electron chi connectivity index (χ4n) is 6.55. The molecule has 0 aliphatic heterocycles. The Hall–Kier alpha value is -3.85. The minimum atomic E-state index is -0.101. The molecule has 1 atom stereocenters. The van der Waals surface area contributed by atoms with Gasteiger partial charge in [-0.15, -0.1) is 0 Å². The molecule has 4 aromatic rings. The number of ketones is 1. The van der Waals surface area contributed by atoms with Crippen LogP contribution < -0.4 is 0 Å². The van der Waals surface area contributed by atoms with E-state index in [0.29, 0.717) is 0 Å². The van der Waals surface area contributed by atoms with Crippen molar-refractivity contribution >= 4 is 17.4 Å². The lowest BCUT2D eigenvalue weighted by Gasteiger charge is -2.25. The van der Waals surface area contributed by atoms with Crippen LogP contribution in [0.2, 0.25) is 0 Å². The van der Waals surface area contributed by atoms with Gasteiger partial charge in [0.15, 0.2) is 5.78 Å². The third kappa shape index (κ3) is 6.95. The largest absolute Gasteiger partial charge is 0.293 e. The van der Waals surface area contributed by atoms with E-state index < -0.39 is 0 Å². The van der Waals surface area contributed by atoms with Gasteiger partial charge >= 0.3 is 0 Å². The normalized spacial score (nSPS) is 16.7. The first-order chi connectivity index (χ1) is 20.7. The monoisotopic (exact) mass is 558 g/mol. The van der Waals surface area contributed by atoms with Gasteiger partial charge in [-0.3, -0.25) is 4.79 Å². The molecule has 0 radical (unpaired) electrons. The van der Waals surface area contributed by atoms with Gasteiger partial charge in [-0.1, -0.05) is 120 Å². The zero-order valence-corrected chi connectivity index (χ0v) is 25.5. The van der Waals surface area contributed by atoms with Gasteiger partial charge in [0, 0.05) is 30.9 Å². The Labute approximate surface area is 253 Å². The first-order valence-corrected chi connectivity index (χ1v) is 16.0. The Balaban J connectivity index is 0.00000138. The number of hydrogen-bond donors (Lipinski definition) is 0. The zero-order valence-electron chi connectivity index (χ0n) is 25.5. The second kappa shape index (κ2) is 14.4. The Morgan fingerprint density at radius 1 is 0.738 bits per heavy atom. The third-order valence-corrected chi connectivity index (χ3v) is 8.88. The van der Waals surface area contributed by atoms with Crippen molar-refractivity contribution in [2.24, 2.45) is 5.92 Å². The molecule has 1 fully saturated rings. The number of hydrogen-bond acceptors (Lipinski definition) is 3. The van der Waals surface area contributed by atoms with Crippen molar-refractivity contribution < 1.29 is 6.22 Å². The molecular weight excluding hydrogens is 512 g/mol. The second-order valence-electron chi connectivity index (χ2n) is 11.6. The van der Waals surface area contributed by atoms with Gasteiger partial charge in [0.2, 0.25) is 0 Å². The average Bonchev–Trinajstić information content (AvgIpc) is 3.06. The predicted octanol–water partition coefficient (Wildman–Crippen LogP) is 9.94. The average molecular weight is 559 g/mol. The molecule has 0 spiro atoms. The molecule has 0 bridgehead atoms. The van der Waals surface area contributed by atoms with E-state index in [0.717, 1.165) is 53.0 Å². The molecule has 1 heterocycles. The number of allylic oxidation sites excluding steroid dienone is 1. The molecular formula is C39H46N2O. The lowest BCUT2D eigenvalue weighted by molar-refractivity contribution is -0.115. The fraction of sp³-hybridized carbons (Fsp3) is 0.359. The molecule has 1 unspecified atom stereocenters. The summed E-state index contributed by atoms with van der Waals surface area (Å²) in [7, 11) is 0. The van der Waals surface area contributed by atoms with Gasteiger partial charge in [-0.2, -0.15) is 0 Å². The number of aryl methyl sites for hydroxylation is 2. The first kappa shape index (κ1) is 29.6. The number of nitrogens with zero attached hydrogens (tertiary/aromatic N) is 2. The van der Waals surface area contributed by atoms with Gasteiger partial charge in [-0.25, -0.2) is 9.97 Å². The smallest absolute Gasteiger partial charge is 0.170 e. The summed E-state index contributed by atoms with van der Waals surface area (Å²) in [5, 5.41) is 0. The molecule has 6 rings (SSSR count). The van der Waals surface area contributed by atoms with Crippen LogP contribution in [0.1, 0.15) is 100 Å². The van der Waals surface area contributed by atoms with E-state index in [1.54, 1.807) is 12.4 Å². The number of fused-ring (bicyclic) bond motifs is 1. The molecule has 0 amide bonds. The van der Waals surface area contributed by atoms with Crippen LogP contribution in [0.25, 0.3) is 22.8 Å². The maximum atomic E-state index is 13.7. The SMILES string of the molecule is CC.CCC1C(=O)C(c2ccc(-c3cncnc3)cc2)=Cc2ccc(CCc3ccc(CC4CCCCC4)cc3)cc21.[HH]. The summed E-state index contributed by atoms with van der Waals surface area (Å²) in [6, 6.07) is 24.2. The lowest BCUT2D eigenvalue weighted by Crippen LogP contribution is -2.19. The van der Waals surface area contributed by atoms with Crippen LogP contribution >= 0.6 is 0 Å². The number of benzene rings is 3. The number of aromatic nitrogens is 2. The molecule has 3 heteroatoms. The number of carbonyl (C=O) groups excluding carboxylic acids is 1. The molecule has 1 aromatic heterocycles. The summed E-state index contributed by atoms with van der Waals surface area (Å²) < 4.78 is 0. The van der Waals surface area contributed by atoms with Crippen LogP contribution in [0.4, 0.5) is 0 Å². The maximum absolute atomic E-state index is 13.7. The predicted molar refractivity (Wildman–Crippen MR) is 177 cm³/mol. The first-order valence-electron chi connectivity index (χ1n) is 16.0. The molecule has 1 saturated carbocycles. The fourth-order valence-corrected chi connectivity index (χ4v) is 6.55. The highest BCUT2D eigenvalue weighted by atomic mass is 16.1. The standard InChI is InChI=1S/C37H38N2O.C2H6.H2/c1-2-34-35-21-29(13-10-26-8-11-28(12-9-26)20-27-6-4-3-5-7-27)14-15-32(35)22-36(37(34)40)31-18-16-30(17-19-31)33-23-38-25-39-24-33;1-2;/h8-9,11-12,14-19,21-25,27,34H,2-7,10,13,20H2,1H3;1-2H3;1H. The highest BCUT2D eigenvalue weighted by Gasteiger charge is 2.29. The van der Waals surface area contributed by atoms with E-state index in [-0.39, 0.29) is 13.1 Å². The molecule has 42 heavy (non-hydrogen) atoms. The van der Waals surface area contributed by atoms with Crippen LogP contribution in [-0.2, 0) is 24.1 Å². The van der Waals surface area contributed by atoms with Crippen molar-refractivity contribution in [3.05, 3.63) is 119 Å². The van der Waals surface area contributed by atoms with Crippen LogP contribution in [0.5, 0.6) is 0 Å². The van der Waals surface area contributed by atoms with Gasteiger partial charge in [-0.05, 0) is 76.6 Å². The summed E-state index contributed by atoms with van der Waals surface area (Å²) in [5.74, 6) is 0.996. The van der Waals surface area contributed by atoms with Gasteiger partial charge in [0.05, 0.1) is 0 Å². The van der Waals surface area contributed by atoms with E-state index in [1.807, 2.05) is 38.1 Å². The lowest BCUT2D eigenvalue weighted by atomic mass is 9.77. The van der Waals surface area contributed by atoms with E-state index in [4.69, 9.17) is 0 Å². The molecule has 218 valence electrons. The van der Waals surface area contributed by atoms with Crippen LogP contribution in [-0.4, -0.2) is 15.8 Å². The summed E-state index contributed by atoms with van der Waals surface area (Å²) in [5.41, 5.74) is 10.3. The van der Waals surface area contributed by atoms with Gasteiger partial charge < -0.3 is 0 Å². The molecule has 2 aliphatic carbocycles. The minimum absolute atomic E-state index is 0. The van der Waals surface area contributed by atoms with Crippen molar-refractivity contribution in [3.8, 4) is 11.1 Å². The minimum Gasteiger partial charge on any atom is -0.293 e. The van der Waals surface area contributed by atoms with Crippen molar-refractivity contribution in [2.45, 2.75) is 84.5 Å². The van der Waals surface area contributed by atoms with Crippen LogP contribution in [0.15, 0.2) is 85.5 Å². The Morgan fingerprint density at radius 3 is 2.05 bits per heavy atom. The maximum Gasteiger partial charge on any atom is 0.170 e. The van der Waals surface area contributed by atoms with Crippen molar-refractivity contribution in [2.75, 3.05) is 0 Å². The zero-order chi connectivity index (χ0) is 29.3. The van der Waals surface area contributed by atoms with Crippen LogP contribution in [0, 0.1) is 5.92 Å². The second-order valence-corrected chi connectivity index (χ2v) is 11.6. The number of carbonyl (C=O) groups is 1. The van der Waals surface area contributed by atoms with E-state index >= 15 is 0 Å². The van der Waals surface area contributed by atoms with Crippen LogP contribution in [0.3, 0.4) is 0 Å². The molecule has 3 aromatic carbocycles. The summed E-state index contributed by atoms with van der Waals surface area (Å²) in [6.45, 7) is 6.12. The van der Waals surface area contributed by atoms with E-state index in [1.165, 1.54) is 67.1 Å². The summed E-state index contributed by atoms with van der Waals surface area (Å²) in [6.07, 6.45) is 18.3. The molecule has 0 N–H and O–H groups in total. The van der Waals surface area contributed by atoms with Gasteiger partial charge in [0.25, 0.3) is 0 Å². The molecule has 3 nitrogen and oxygen atoms in total. The number of Topliss-reactive ketones (excluding diaryl/α,β-unsaturated/α-hetero) is 1. The van der Waals surface area contributed by atoms with E-state index in [2.05, 4.69) is 65.4 Å². The quantitative estimate of drug-likeness (QED) is 0.216. The van der Waals surface area contributed by atoms with Crippen molar-refractivity contribution in [1.82, 2.24) is 9.97 Å². The highest BCUT2D eigenvalue weighted by molar-refractivity contribution is 6.29. The summed E-state index contributed by atoms with van der Waals surface area (Å²) in [4.78, 5) is 21.9. The highest BCUT2D eigenvalue weighted by Crippen LogP contribution is 2.38. The van der Waals surface area contributed by atoms with Crippen molar-refractivity contribution in [1.29, 1.82) is 0 Å². The van der Waals surface area contributed by atoms with E-state index in [9.17, 15) is 4.79 Å². The third-order valence-electron chi connectivity index (χ3n) is 8.88. The van der Waals surface area contributed by atoms with Gasteiger partial charge in [0.1, 0.15) is 6.33 Å². The van der Waals surface area contributed by atoms with Crippen molar-refractivity contribution in [3.63, 3.8) is 0 Å². The Morgan fingerprint density at radius 2 is 1.36 bits per heavy atom. The summed E-state index contributed by atoms with van der Waals surface area (Å²) >= 11 is 0. The molecule has 2 aliphatic rings. The number of rotatable bonds is 8.